The van der Waals surface area contributed by atoms with Crippen molar-refractivity contribution in [2.24, 2.45) is 11.7 Å². The minimum atomic E-state index is -0.685. The maximum absolute atomic E-state index is 12.1. The van der Waals surface area contributed by atoms with Crippen LogP contribution in [-0.4, -0.2) is 28.2 Å². The van der Waals surface area contributed by atoms with E-state index in [2.05, 4.69) is 4.98 Å². The predicted octanol–water partition coefficient (Wildman–Crippen LogP) is 0.712. The SMILES string of the molecule is NC(=O)C1CCN(Cc2csc3ccnc(N)c23)C1=O. The van der Waals surface area contributed by atoms with Crippen molar-refractivity contribution in [2.45, 2.75) is 13.0 Å². The summed E-state index contributed by atoms with van der Waals surface area (Å²) in [7, 11) is 0. The average molecular weight is 290 g/mol. The Morgan fingerprint density at radius 3 is 3.05 bits per heavy atom. The van der Waals surface area contributed by atoms with Crippen LogP contribution >= 0.6 is 11.3 Å². The molecule has 4 N–H and O–H groups in total. The van der Waals surface area contributed by atoms with Crippen molar-refractivity contribution in [2.75, 3.05) is 12.3 Å². The van der Waals surface area contributed by atoms with Gasteiger partial charge >= 0.3 is 0 Å². The maximum Gasteiger partial charge on any atom is 0.235 e. The Bertz CT molecular complexity index is 697. The molecule has 0 aromatic carbocycles. The topological polar surface area (TPSA) is 102 Å². The molecule has 7 heteroatoms. The van der Waals surface area contributed by atoms with E-state index in [1.165, 1.54) is 0 Å². The highest BCUT2D eigenvalue weighted by Crippen LogP contribution is 2.31. The lowest BCUT2D eigenvalue weighted by molar-refractivity contribution is -0.136. The molecule has 0 spiro atoms. The van der Waals surface area contributed by atoms with E-state index in [0.717, 1.165) is 15.6 Å². The second-order valence-electron chi connectivity index (χ2n) is 4.83. The van der Waals surface area contributed by atoms with E-state index in [4.69, 9.17) is 11.5 Å². The number of anilines is 1. The van der Waals surface area contributed by atoms with Crippen LogP contribution in [0.2, 0.25) is 0 Å². The molecular formula is C13H14N4O2S. The lowest BCUT2D eigenvalue weighted by Gasteiger charge is -2.15. The number of primary amides is 1. The van der Waals surface area contributed by atoms with Crippen molar-refractivity contribution in [3.05, 3.63) is 23.2 Å². The highest BCUT2D eigenvalue weighted by molar-refractivity contribution is 7.17. The van der Waals surface area contributed by atoms with Crippen molar-refractivity contribution in [1.29, 1.82) is 0 Å². The predicted molar refractivity (Wildman–Crippen MR) is 76.8 cm³/mol. The second-order valence-corrected chi connectivity index (χ2v) is 5.74. The Morgan fingerprint density at radius 2 is 2.35 bits per heavy atom. The number of amides is 2. The zero-order valence-electron chi connectivity index (χ0n) is 10.7. The molecule has 2 aromatic rings. The number of fused-ring (bicyclic) bond motifs is 1. The molecule has 20 heavy (non-hydrogen) atoms. The van der Waals surface area contributed by atoms with Gasteiger partial charge in [0.05, 0.1) is 0 Å². The Kier molecular flexibility index (Phi) is 3.06. The molecule has 0 bridgehead atoms. The number of nitrogens with zero attached hydrogens (tertiary/aromatic N) is 2. The van der Waals surface area contributed by atoms with Gasteiger partial charge in [-0.15, -0.1) is 11.3 Å². The van der Waals surface area contributed by atoms with Crippen LogP contribution in [0.4, 0.5) is 5.82 Å². The first kappa shape index (κ1) is 12.9. The quantitative estimate of drug-likeness (QED) is 0.813. The molecule has 6 nitrogen and oxygen atoms in total. The standard InChI is InChI=1S/C13H14N4O2S/c14-11-10-7(6-20-9(10)1-3-16-11)5-17-4-2-8(12(15)18)13(17)19/h1,3,6,8H,2,4-5H2,(H2,14,16)(H2,15,18). The van der Waals surface area contributed by atoms with Gasteiger partial charge in [0.15, 0.2) is 0 Å². The van der Waals surface area contributed by atoms with Gasteiger partial charge in [0, 0.05) is 29.4 Å². The number of nitrogen functional groups attached to an aromatic ring is 1. The van der Waals surface area contributed by atoms with Crippen LogP contribution in [0.3, 0.4) is 0 Å². The Hall–Kier alpha value is -2.15. The summed E-state index contributed by atoms with van der Waals surface area (Å²) in [6.45, 7) is 0.989. The minimum absolute atomic E-state index is 0.195. The number of hydrogen-bond donors (Lipinski definition) is 2. The van der Waals surface area contributed by atoms with E-state index >= 15 is 0 Å². The Morgan fingerprint density at radius 1 is 1.55 bits per heavy atom. The minimum Gasteiger partial charge on any atom is -0.383 e. The second kappa shape index (κ2) is 4.75. The van der Waals surface area contributed by atoms with Gasteiger partial charge in [-0.2, -0.15) is 0 Å². The highest BCUT2D eigenvalue weighted by Gasteiger charge is 2.35. The highest BCUT2D eigenvalue weighted by atomic mass is 32.1. The number of nitrogens with two attached hydrogens (primary N) is 2. The third-order valence-electron chi connectivity index (χ3n) is 3.59. The molecule has 104 valence electrons. The fourth-order valence-electron chi connectivity index (χ4n) is 2.56. The van der Waals surface area contributed by atoms with Crippen molar-refractivity contribution in [1.82, 2.24) is 9.88 Å². The van der Waals surface area contributed by atoms with Crippen LogP contribution < -0.4 is 11.5 Å². The number of pyridine rings is 1. The van der Waals surface area contributed by atoms with Gasteiger partial charge in [0.25, 0.3) is 0 Å². The van der Waals surface area contributed by atoms with E-state index in [1.54, 1.807) is 22.4 Å². The fourth-order valence-corrected chi connectivity index (χ4v) is 3.51. The Balaban J connectivity index is 1.88. The normalized spacial score (nSPS) is 18.9. The molecule has 1 atom stereocenters. The molecule has 0 radical (unpaired) electrons. The van der Waals surface area contributed by atoms with Crippen molar-refractivity contribution in [3.8, 4) is 0 Å². The zero-order chi connectivity index (χ0) is 14.3. The van der Waals surface area contributed by atoms with Gasteiger partial charge in [0.2, 0.25) is 11.8 Å². The largest absolute Gasteiger partial charge is 0.383 e. The molecular weight excluding hydrogens is 276 g/mol. The summed E-state index contributed by atoms with van der Waals surface area (Å²) in [4.78, 5) is 29.0. The summed E-state index contributed by atoms with van der Waals surface area (Å²) in [6, 6.07) is 1.90. The molecule has 1 saturated heterocycles. The molecule has 3 heterocycles. The summed E-state index contributed by atoms with van der Waals surface area (Å²) in [5, 5.41) is 2.88. The van der Waals surface area contributed by atoms with Crippen LogP contribution in [0.1, 0.15) is 12.0 Å². The van der Waals surface area contributed by atoms with E-state index in [1.807, 2.05) is 11.4 Å². The van der Waals surface area contributed by atoms with E-state index in [0.29, 0.717) is 25.3 Å². The molecule has 1 aliphatic heterocycles. The van der Waals surface area contributed by atoms with Crippen LogP contribution in [0.5, 0.6) is 0 Å². The zero-order valence-corrected chi connectivity index (χ0v) is 11.5. The summed E-state index contributed by atoms with van der Waals surface area (Å²) in [5.41, 5.74) is 12.1. The lowest BCUT2D eigenvalue weighted by atomic mass is 10.1. The van der Waals surface area contributed by atoms with Crippen LogP contribution in [0, 0.1) is 5.92 Å². The summed E-state index contributed by atoms with van der Waals surface area (Å²) >= 11 is 1.57. The monoisotopic (exact) mass is 290 g/mol. The van der Waals surface area contributed by atoms with Gasteiger partial charge in [-0.3, -0.25) is 9.59 Å². The molecule has 1 unspecified atom stereocenters. The first-order valence-electron chi connectivity index (χ1n) is 6.26. The average Bonchev–Trinajstić information content (AvgIpc) is 2.96. The number of carbonyl (C=O) groups is 2. The number of hydrogen-bond acceptors (Lipinski definition) is 5. The van der Waals surface area contributed by atoms with Gasteiger partial charge in [-0.05, 0) is 23.4 Å². The van der Waals surface area contributed by atoms with Crippen molar-refractivity contribution in [3.63, 3.8) is 0 Å². The summed E-state index contributed by atoms with van der Waals surface area (Å²) < 4.78 is 1.05. The van der Waals surface area contributed by atoms with E-state index in [-0.39, 0.29) is 5.91 Å². The third-order valence-corrected chi connectivity index (χ3v) is 4.59. The van der Waals surface area contributed by atoms with E-state index in [9.17, 15) is 9.59 Å². The van der Waals surface area contributed by atoms with Gasteiger partial charge in [0.1, 0.15) is 11.7 Å². The van der Waals surface area contributed by atoms with Crippen molar-refractivity contribution < 1.29 is 9.59 Å². The molecule has 1 aliphatic rings. The van der Waals surface area contributed by atoms with Crippen LogP contribution in [0.15, 0.2) is 17.6 Å². The molecule has 3 rings (SSSR count). The van der Waals surface area contributed by atoms with Gasteiger partial charge in [-0.1, -0.05) is 0 Å². The molecule has 1 fully saturated rings. The molecule has 0 aliphatic carbocycles. The number of likely N-dealkylation sites (tertiary alicyclic amines) is 1. The van der Waals surface area contributed by atoms with Gasteiger partial charge < -0.3 is 16.4 Å². The number of carbonyl (C=O) groups excluding carboxylic acids is 2. The fraction of sp³-hybridized carbons (Fsp3) is 0.308. The number of rotatable bonds is 3. The van der Waals surface area contributed by atoms with Crippen LogP contribution in [0.25, 0.3) is 10.1 Å². The van der Waals surface area contributed by atoms with Crippen LogP contribution in [-0.2, 0) is 16.1 Å². The smallest absolute Gasteiger partial charge is 0.235 e. The summed E-state index contributed by atoms with van der Waals surface area (Å²) in [5.74, 6) is -0.958. The van der Waals surface area contributed by atoms with E-state index < -0.39 is 11.8 Å². The maximum atomic E-state index is 12.1. The molecule has 2 amide bonds. The number of aromatic nitrogens is 1. The Labute approximate surface area is 119 Å². The molecule has 2 aromatic heterocycles. The first-order chi connectivity index (χ1) is 9.58. The summed E-state index contributed by atoms with van der Waals surface area (Å²) in [6.07, 6.45) is 2.16. The number of thiophene rings is 1. The van der Waals surface area contributed by atoms with Gasteiger partial charge in [-0.25, -0.2) is 4.98 Å². The third kappa shape index (κ3) is 2.00. The van der Waals surface area contributed by atoms with Crippen molar-refractivity contribution >= 4 is 39.1 Å². The first-order valence-corrected chi connectivity index (χ1v) is 7.14. The lowest BCUT2D eigenvalue weighted by Crippen LogP contribution is -2.33. The molecule has 0 saturated carbocycles.